The van der Waals surface area contributed by atoms with Crippen LogP contribution in [0.3, 0.4) is 0 Å². The average molecular weight is 408 g/mol. The summed E-state index contributed by atoms with van der Waals surface area (Å²) in [5.41, 5.74) is 5.83. The number of nitrogens with one attached hydrogen (secondary N) is 1. The molecule has 0 bridgehead atoms. The summed E-state index contributed by atoms with van der Waals surface area (Å²) in [5, 5.41) is 3.19. The first-order valence-electron chi connectivity index (χ1n) is 11.2. The van der Waals surface area contributed by atoms with E-state index >= 15 is 0 Å². The smallest absolute Gasteiger partial charge is 0.226 e. The molecule has 0 aromatic heterocycles. The molecule has 1 N–H and O–H groups in total. The zero-order valence-electron chi connectivity index (χ0n) is 18.2. The van der Waals surface area contributed by atoms with E-state index in [1.54, 1.807) is 0 Å². The molecule has 2 aromatic carbocycles. The van der Waals surface area contributed by atoms with Gasteiger partial charge in [-0.1, -0.05) is 53.6 Å². The lowest BCUT2D eigenvalue weighted by molar-refractivity contribution is -0.137. The Bertz CT molecular complexity index is 842. The van der Waals surface area contributed by atoms with E-state index in [0.717, 1.165) is 38.7 Å². The highest BCUT2D eigenvalue weighted by molar-refractivity contribution is 5.83. The van der Waals surface area contributed by atoms with Gasteiger partial charge in [0.1, 0.15) is 0 Å². The standard InChI is InChI=1S/C26H33NO3/c1-19-14-20(2)16-23(15-19)22-7-5-21(6-8-22)17-26(9-12-29-13-10-26)25(28)27-18-24-4-3-11-30-24/h5-8,14-16,24H,3-4,9-13,17-18H2,1-2H3,(H,27,28). The Hall–Kier alpha value is -2.17. The molecule has 2 aliphatic heterocycles. The van der Waals surface area contributed by atoms with Crippen LogP contribution in [0.5, 0.6) is 0 Å². The first-order valence-corrected chi connectivity index (χ1v) is 11.2. The van der Waals surface area contributed by atoms with Crippen molar-refractivity contribution in [1.29, 1.82) is 0 Å². The number of hydrogen-bond donors (Lipinski definition) is 1. The highest BCUT2D eigenvalue weighted by atomic mass is 16.5. The van der Waals surface area contributed by atoms with Crippen LogP contribution in [-0.2, 0) is 20.7 Å². The maximum absolute atomic E-state index is 13.2. The molecule has 1 atom stereocenters. The van der Waals surface area contributed by atoms with Crippen LogP contribution in [0.2, 0.25) is 0 Å². The molecular formula is C26H33NO3. The van der Waals surface area contributed by atoms with Crippen molar-refractivity contribution in [2.24, 2.45) is 5.41 Å². The Morgan fingerprint density at radius 1 is 1.00 bits per heavy atom. The Labute approximate surface area is 180 Å². The number of amides is 1. The lowest BCUT2D eigenvalue weighted by Gasteiger charge is -2.36. The molecule has 4 heteroatoms. The first-order chi connectivity index (χ1) is 14.5. The van der Waals surface area contributed by atoms with Crippen molar-refractivity contribution >= 4 is 5.91 Å². The fourth-order valence-corrected chi connectivity index (χ4v) is 4.79. The number of rotatable bonds is 6. The van der Waals surface area contributed by atoms with Crippen molar-refractivity contribution in [2.75, 3.05) is 26.4 Å². The van der Waals surface area contributed by atoms with Crippen LogP contribution in [0.15, 0.2) is 42.5 Å². The van der Waals surface area contributed by atoms with Crippen LogP contribution in [-0.4, -0.2) is 38.4 Å². The highest BCUT2D eigenvalue weighted by Gasteiger charge is 2.40. The quantitative estimate of drug-likeness (QED) is 0.761. The van der Waals surface area contributed by atoms with Crippen LogP contribution in [0.4, 0.5) is 0 Å². The van der Waals surface area contributed by atoms with E-state index in [0.29, 0.717) is 19.8 Å². The molecule has 4 rings (SSSR count). The van der Waals surface area contributed by atoms with E-state index in [2.05, 4.69) is 61.6 Å². The van der Waals surface area contributed by atoms with E-state index in [-0.39, 0.29) is 12.0 Å². The maximum Gasteiger partial charge on any atom is 0.226 e. The van der Waals surface area contributed by atoms with Crippen LogP contribution in [0.1, 0.15) is 42.4 Å². The van der Waals surface area contributed by atoms with Crippen molar-refractivity contribution in [1.82, 2.24) is 5.32 Å². The summed E-state index contributed by atoms with van der Waals surface area (Å²) in [6, 6.07) is 15.4. The van der Waals surface area contributed by atoms with Gasteiger partial charge in [-0.05, 0) is 62.6 Å². The van der Waals surface area contributed by atoms with Gasteiger partial charge in [-0.15, -0.1) is 0 Å². The van der Waals surface area contributed by atoms with E-state index in [1.807, 2.05) is 0 Å². The molecule has 2 fully saturated rings. The molecule has 1 amide bonds. The predicted octanol–water partition coefficient (Wildman–Crippen LogP) is 4.60. The number of benzene rings is 2. The molecule has 2 aromatic rings. The van der Waals surface area contributed by atoms with E-state index < -0.39 is 5.41 Å². The largest absolute Gasteiger partial charge is 0.381 e. The normalized spacial score (nSPS) is 20.8. The van der Waals surface area contributed by atoms with Gasteiger partial charge < -0.3 is 14.8 Å². The van der Waals surface area contributed by atoms with Gasteiger partial charge in [0.25, 0.3) is 0 Å². The van der Waals surface area contributed by atoms with E-state index in [4.69, 9.17) is 9.47 Å². The summed E-state index contributed by atoms with van der Waals surface area (Å²) < 4.78 is 11.3. The lowest BCUT2D eigenvalue weighted by Crippen LogP contribution is -2.47. The third kappa shape index (κ3) is 4.93. The second-order valence-electron chi connectivity index (χ2n) is 8.99. The topological polar surface area (TPSA) is 47.6 Å². The maximum atomic E-state index is 13.2. The van der Waals surface area contributed by atoms with Crippen molar-refractivity contribution in [3.8, 4) is 11.1 Å². The number of ether oxygens (including phenoxy) is 2. The van der Waals surface area contributed by atoms with Gasteiger partial charge in [-0.25, -0.2) is 0 Å². The summed E-state index contributed by atoms with van der Waals surface area (Å²) in [7, 11) is 0. The molecule has 0 aliphatic carbocycles. The highest BCUT2D eigenvalue weighted by Crippen LogP contribution is 2.35. The van der Waals surface area contributed by atoms with Crippen molar-refractivity contribution in [2.45, 2.75) is 52.1 Å². The molecule has 160 valence electrons. The van der Waals surface area contributed by atoms with Crippen LogP contribution >= 0.6 is 0 Å². The molecule has 2 saturated heterocycles. The molecular weight excluding hydrogens is 374 g/mol. The van der Waals surface area contributed by atoms with E-state index in [9.17, 15) is 4.79 Å². The minimum absolute atomic E-state index is 0.152. The summed E-state index contributed by atoms with van der Waals surface area (Å²) >= 11 is 0. The summed E-state index contributed by atoms with van der Waals surface area (Å²) in [5.74, 6) is 0.152. The van der Waals surface area contributed by atoms with Gasteiger partial charge >= 0.3 is 0 Å². The SMILES string of the molecule is Cc1cc(C)cc(-c2ccc(CC3(C(=O)NCC4CCCO4)CCOCC3)cc2)c1. The number of aryl methyl sites for hydroxylation is 2. The van der Waals surface area contributed by atoms with Crippen LogP contribution < -0.4 is 5.32 Å². The predicted molar refractivity (Wildman–Crippen MR) is 120 cm³/mol. The molecule has 0 spiro atoms. The van der Waals surface area contributed by atoms with Crippen LogP contribution in [0, 0.1) is 19.3 Å². The zero-order chi connectivity index (χ0) is 21.0. The van der Waals surface area contributed by atoms with Gasteiger partial charge in [0.15, 0.2) is 0 Å². The first kappa shape index (κ1) is 21.1. The fraction of sp³-hybridized carbons (Fsp3) is 0.500. The average Bonchev–Trinajstić information content (AvgIpc) is 3.26. The second-order valence-corrected chi connectivity index (χ2v) is 8.99. The van der Waals surface area contributed by atoms with Gasteiger partial charge in [0, 0.05) is 26.4 Å². The fourth-order valence-electron chi connectivity index (χ4n) is 4.79. The third-order valence-corrected chi connectivity index (χ3v) is 6.50. The molecule has 30 heavy (non-hydrogen) atoms. The number of carbonyl (C=O) groups excluding carboxylic acids is 1. The lowest BCUT2D eigenvalue weighted by atomic mass is 9.74. The van der Waals surface area contributed by atoms with Crippen molar-refractivity contribution in [3.63, 3.8) is 0 Å². The number of hydrogen-bond acceptors (Lipinski definition) is 3. The van der Waals surface area contributed by atoms with Gasteiger partial charge in [-0.2, -0.15) is 0 Å². The summed E-state index contributed by atoms with van der Waals surface area (Å²) in [6.07, 6.45) is 4.58. The van der Waals surface area contributed by atoms with Gasteiger partial charge in [0.2, 0.25) is 5.91 Å². The minimum Gasteiger partial charge on any atom is -0.381 e. The molecule has 2 heterocycles. The number of carbonyl (C=O) groups is 1. The molecule has 1 unspecified atom stereocenters. The third-order valence-electron chi connectivity index (χ3n) is 6.50. The molecule has 2 aliphatic rings. The van der Waals surface area contributed by atoms with E-state index in [1.165, 1.54) is 27.8 Å². The minimum atomic E-state index is -0.391. The van der Waals surface area contributed by atoms with Gasteiger partial charge in [-0.3, -0.25) is 4.79 Å². The molecule has 0 radical (unpaired) electrons. The summed E-state index contributed by atoms with van der Waals surface area (Å²) in [6.45, 7) is 6.99. The monoisotopic (exact) mass is 407 g/mol. The Balaban J connectivity index is 1.47. The van der Waals surface area contributed by atoms with Crippen LogP contribution in [0.25, 0.3) is 11.1 Å². The zero-order valence-corrected chi connectivity index (χ0v) is 18.2. The van der Waals surface area contributed by atoms with Gasteiger partial charge in [0.05, 0.1) is 11.5 Å². The summed E-state index contributed by atoms with van der Waals surface area (Å²) in [4.78, 5) is 13.2. The second kappa shape index (κ2) is 9.32. The molecule has 0 saturated carbocycles. The Morgan fingerprint density at radius 2 is 1.70 bits per heavy atom. The Morgan fingerprint density at radius 3 is 2.33 bits per heavy atom. The van der Waals surface area contributed by atoms with Crippen molar-refractivity contribution in [3.05, 3.63) is 59.2 Å². The van der Waals surface area contributed by atoms with Crippen molar-refractivity contribution < 1.29 is 14.3 Å². The Kier molecular flexibility index (Phi) is 6.55. The molecule has 4 nitrogen and oxygen atoms in total.